The monoisotopic (exact) mass is 355 g/mol. The van der Waals surface area contributed by atoms with Gasteiger partial charge in [-0.3, -0.25) is 4.79 Å². The SMILES string of the molecule is Cc1c(Br)cccc1C(=O)NCc1ccc(F)c(Cl)c1. The van der Waals surface area contributed by atoms with Crippen molar-refractivity contribution in [2.75, 3.05) is 0 Å². The molecule has 0 aromatic heterocycles. The molecule has 2 aromatic carbocycles. The maximum atomic E-state index is 13.0. The predicted molar refractivity (Wildman–Crippen MR) is 81.5 cm³/mol. The third-order valence-electron chi connectivity index (χ3n) is 2.95. The maximum absolute atomic E-state index is 13.0. The maximum Gasteiger partial charge on any atom is 0.251 e. The van der Waals surface area contributed by atoms with Gasteiger partial charge in [0.15, 0.2) is 0 Å². The van der Waals surface area contributed by atoms with Gasteiger partial charge in [-0.05, 0) is 42.3 Å². The number of halogens is 3. The van der Waals surface area contributed by atoms with Crippen molar-refractivity contribution >= 4 is 33.4 Å². The number of hydrogen-bond acceptors (Lipinski definition) is 1. The Morgan fingerprint density at radius 3 is 2.80 bits per heavy atom. The lowest BCUT2D eigenvalue weighted by Gasteiger charge is -2.09. The van der Waals surface area contributed by atoms with Crippen molar-refractivity contribution in [2.24, 2.45) is 0 Å². The molecule has 0 aliphatic carbocycles. The highest BCUT2D eigenvalue weighted by Crippen LogP contribution is 2.20. The number of carbonyl (C=O) groups excluding carboxylic acids is 1. The molecule has 0 saturated carbocycles. The van der Waals surface area contributed by atoms with Gasteiger partial charge in [0.05, 0.1) is 5.02 Å². The van der Waals surface area contributed by atoms with Crippen LogP contribution in [0, 0.1) is 12.7 Å². The molecule has 0 fully saturated rings. The Kier molecular flexibility index (Phi) is 4.78. The summed E-state index contributed by atoms with van der Waals surface area (Å²) < 4.78 is 13.9. The van der Waals surface area contributed by atoms with Gasteiger partial charge >= 0.3 is 0 Å². The Hall–Kier alpha value is -1.39. The van der Waals surface area contributed by atoms with Crippen LogP contribution in [0.5, 0.6) is 0 Å². The Morgan fingerprint density at radius 1 is 1.35 bits per heavy atom. The van der Waals surface area contributed by atoms with Crippen LogP contribution in [0.4, 0.5) is 4.39 Å². The molecule has 1 N–H and O–H groups in total. The summed E-state index contributed by atoms with van der Waals surface area (Å²) in [6.45, 7) is 2.17. The van der Waals surface area contributed by atoms with Crippen LogP contribution < -0.4 is 5.32 Å². The zero-order chi connectivity index (χ0) is 14.7. The van der Waals surface area contributed by atoms with E-state index in [2.05, 4.69) is 21.2 Å². The normalized spacial score (nSPS) is 10.4. The molecule has 0 bridgehead atoms. The van der Waals surface area contributed by atoms with Gasteiger partial charge in [-0.25, -0.2) is 4.39 Å². The summed E-state index contributed by atoms with van der Waals surface area (Å²) in [7, 11) is 0. The van der Waals surface area contributed by atoms with Crippen molar-refractivity contribution in [3.05, 3.63) is 68.4 Å². The molecule has 0 heterocycles. The van der Waals surface area contributed by atoms with Gasteiger partial charge in [0.1, 0.15) is 5.82 Å². The third kappa shape index (κ3) is 3.38. The molecule has 1 amide bonds. The standard InChI is InChI=1S/C15H12BrClFNO/c1-9-11(3-2-4-12(9)16)15(20)19-8-10-5-6-14(18)13(17)7-10/h2-7H,8H2,1H3,(H,19,20). The van der Waals surface area contributed by atoms with Crippen molar-refractivity contribution in [1.29, 1.82) is 0 Å². The summed E-state index contributed by atoms with van der Waals surface area (Å²) in [6.07, 6.45) is 0. The summed E-state index contributed by atoms with van der Waals surface area (Å²) in [5.74, 6) is -0.645. The second-order valence-corrected chi connectivity index (χ2v) is 5.61. The highest BCUT2D eigenvalue weighted by atomic mass is 79.9. The first kappa shape index (κ1) is 15.0. The van der Waals surface area contributed by atoms with Gasteiger partial charge in [-0.2, -0.15) is 0 Å². The summed E-state index contributed by atoms with van der Waals surface area (Å²) in [5, 5.41) is 2.84. The second-order valence-electron chi connectivity index (χ2n) is 4.34. The number of hydrogen-bond donors (Lipinski definition) is 1. The summed E-state index contributed by atoms with van der Waals surface area (Å²) >= 11 is 9.09. The van der Waals surface area contributed by atoms with Gasteiger partial charge in [0.2, 0.25) is 0 Å². The fourth-order valence-electron chi connectivity index (χ4n) is 1.78. The number of amides is 1. The van der Waals surface area contributed by atoms with Crippen molar-refractivity contribution in [1.82, 2.24) is 5.32 Å². The van der Waals surface area contributed by atoms with E-state index in [1.807, 2.05) is 13.0 Å². The van der Waals surface area contributed by atoms with Crippen LogP contribution in [0.1, 0.15) is 21.5 Å². The molecule has 2 nitrogen and oxygen atoms in total. The fraction of sp³-hybridized carbons (Fsp3) is 0.133. The average Bonchev–Trinajstić information content (AvgIpc) is 2.43. The first-order valence-electron chi connectivity index (χ1n) is 5.96. The predicted octanol–water partition coefficient (Wildman–Crippen LogP) is 4.48. The first-order chi connectivity index (χ1) is 9.49. The van der Waals surface area contributed by atoms with Crippen LogP contribution in [0.3, 0.4) is 0 Å². The van der Waals surface area contributed by atoms with Crippen LogP contribution in [0.15, 0.2) is 40.9 Å². The molecule has 2 rings (SSSR count). The first-order valence-corrected chi connectivity index (χ1v) is 7.13. The van der Waals surface area contributed by atoms with Crippen LogP contribution in [-0.4, -0.2) is 5.91 Å². The van der Waals surface area contributed by atoms with Crippen LogP contribution in [0.25, 0.3) is 0 Å². The quantitative estimate of drug-likeness (QED) is 0.863. The third-order valence-corrected chi connectivity index (χ3v) is 4.10. The van der Waals surface area contributed by atoms with E-state index in [1.165, 1.54) is 12.1 Å². The van der Waals surface area contributed by atoms with Crippen LogP contribution >= 0.6 is 27.5 Å². The van der Waals surface area contributed by atoms with E-state index in [-0.39, 0.29) is 10.9 Å². The van der Waals surface area contributed by atoms with E-state index in [0.29, 0.717) is 12.1 Å². The molecule has 2 aromatic rings. The molecule has 0 aliphatic heterocycles. The van der Waals surface area contributed by atoms with Crippen LogP contribution in [-0.2, 0) is 6.54 Å². The van der Waals surface area contributed by atoms with E-state index < -0.39 is 5.82 Å². The van der Waals surface area contributed by atoms with Gasteiger partial charge in [-0.1, -0.05) is 39.7 Å². The minimum atomic E-state index is -0.468. The molecule has 0 aliphatic rings. The van der Waals surface area contributed by atoms with E-state index in [1.54, 1.807) is 18.2 Å². The zero-order valence-electron chi connectivity index (χ0n) is 10.7. The van der Waals surface area contributed by atoms with Gasteiger partial charge in [0, 0.05) is 16.6 Å². The lowest BCUT2D eigenvalue weighted by molar-refractivity contribution is 0.0950. The molecular weight excluding hydrogens is 345 g/mol. The van der Waals surface area contributed by atoms with Crippen molar-refractivity contribution in [3.8, 4) is 0 Å². The molecule has 0 unspecified atom stereocenters. The molecule has 0 atom stereocenters. The summed E-state index contributed by atoms with van der Waals surface area (Å²) in [4.78, 5) is 12.1. The minimum Gasteiger partial charge on any atom is -0.348 e. The van der Waals surface area contributed by atoms with Crippen LogP contribution in [0.2, 0.25) is 5.02 Å². The molecular formula is C15H12BrClFNO. The van der Waals surface area contributed by atoms with Crippen molar-refractivity contribution < 1.29 is 9.18 Å². The smallest absolute Gasteiger partial charge is 0.251 e. The van der Waals surface area contributed by atoms with Gasteiger partial charge in [0.25, 0.3) is 5.91 Å². The lowest BCUT2D eigenvalue weighted by Crippen LogP contribution is -2.23. The second kappa shape index (κ2) is 6.37. The Bertz CT molecular complexity index is 660. The Morgan fingerprint density at radius 2 is 2.10 bits per heavy atom. The number of nitrogens with one attached hydrogen (secondary N) is 1. The summed E-state index contributed by atoms with van der Waals surface area (Å²) in [6, 6.07) is 9.83. The largest absolute Gasteiger partial charge is 0.348 e. The number of rotatable bonds is 3. The number of benzene rings is 2. The Balaban J connectivity index is 2.08. The molecule has 0 spiro atoms. The van der Waals surface area contributed by atoms with E-state index in [4.69, 9.17) is 11.6 Å². The van der Waals surface area contributed by atoms with E-state index in [9.17, 15) is 9.18 Å². The molecule has 5 heteroatoms. The highest BCUT2D eigenvalue weighted by molar-refractivity contribution is 9.10. The van der Waals surface area contributed by atoms with Crippen molar-refractivity contribution in [3.63, 3.8) is 0 Å². The molecule has 0 radical (unpaired) electrons. The Labute approximate surface area is 130 Å². The fourth-order valence-corrected chi connectivity index (χ4v) is 2.35. The van der Waals surface area contributed by atoms with E-state index >= 15 is 0 Å². The topological polar surface area (TPSA) is 29.1 Å². The number of carbonyl (C=O) groups is 1. The molecule has 20 heavy (non-hydrogen) atoms. The van der Waals surface area contributed by atoms with Crippen molar-refractivity contribution in [2.45, 2.75) is 13.5 Å². The molecule has 0 saturated heterocycles. The average molecular weight is 357 g/mol. The van der Waals surface area contributed by atoms with E-state index in [0.717, 1.165) is 15.6 Å². The zero-order valence-corrected chi connectivity index (χ0v) is 13.1. The highest BCUT2D eigenvalue weighted by Gasteiger charge is 2.10. The summed E-state index contributed by atoms with van der Waals surface area (Å²) in [5.41, 5.74) is 2.23. The molecule has 104 valence electrons. The van der Waals surface area contributed by atoms with Gasteiger partial charge < -0.3 is 5.32 Å². The minimum absolute atomic E-state index is 0.0513. The van der Waals surface area contributed by atoms with Gasteiger partial charge in [-0.15, -0.1) is 0 Å². The lowest BCUT2D eigenvalue weighted by atomic mass is 10.1.